The molecular weight excluding hydrogens is 386 g/mol. The van der Waals surface area contributed by atoms with Crippen LogP contribution in [0.15, 0.2) is 58.6 Å². The minimum Gasteiger partial charge on any atom is -0.265 e. The second-order valence-electron chi connectivity index (χ2n) is 7.37. The van der Waals surface area contributed by atoms with Gasteiger partial charge >= 0.3 is 5.91 Å². The Labute approximate surface area is 172 Å². The molecule has 1 aliphatic carbocycles. The molecule has 28 heavy (non-hydrogen) atoms. The fourth-order valence-electron chi connectivity index (χ4n) is 4.08. The first-order valence-electron chi connectivity index (χ1n) is 9.75. The van der Waals surface area contributed by atoms with Gasteiger partial charge in [0.25, 0.3) is 0 Å². The largest absolute Gasteiger partial charge is 0.309 e. The number of carbonyl (C=O) groups is 1. The molecule has 1 aliphatic heterocycles. The SMILES string of the molecule is O=C(C[n+]1ccc2c(c1)CCCC2)N1N=C(c2cccs2)C[C@@H]1c1cccs1. The smallest absolute Gasteiger partial charge is 0.265 e. The van der Waals surface area contributed by atoms with Crippen molar-refractivity contribution in [2.75, 3.05) is 0 Å². The molecule has 0 saturated heterocycles. The van der Waals surface area contributed by atoms with Crippen molar-refractivity contribution in [3.63, 3.8) is 0 Å². The molecule has 0 saturated carbocycles. The van der Waals surface area contributed by atoms with Gasteiger partial charge in [-0.15, -0.1) is 22.7 Å². The Balaban J connectivity index is 1.41. The summed E-state index contributed by atoms with van der Waals surface area (Å²) in [6, 6.07) is 10.5. The fourth-order valence-corrected chi connectivity index (χ4v) is 5.61. The Hall–Kier alpha value is -2.31. The number of aryl methyl sites for hydroxylation is 2. The van der Waals surface area contributed by atoms with Crippen molar-refractivity contribution in [1.82, 2.24) is 5.01 Å². The first-order chi connectivity index (χ1) is 13.8. The highest BCUT2D eigenvalue weighted by Crippen LogP contribution is 2.35. The summed E-state index contributed by atoms with van der Waals surface area (Å²) in [6.45, 7) is 0.330. The van der Waals surface area contributed by atoms with Gasteiger partial charge in [-0.2, -0.15) is 9.67 Å². The summed E-state index contributed by atoms with van der Waals surface area (Å²) < 4.78 is 2.02. The summed E-state index contributed by atoms with van der Waals surface area (Å²) in [5.74, 6) is 0.0470. The van der Waals surface area contributed by atoms with Gasteiger partial charge in [0, 0.05) is 22.9 Å². The van der Waals surface area contributed by atoms with E-state index in [1.807, 2.05) is 22.9 Å². The van der Waals surface area contributed by atoms with E-state index in [0.29, 0.717) is 6.54 Å². The lowest BCUT2D eigenvalue weighted by atomic mass is 9.93. The number of fused-ring (bicyclic) bond motifs is 1. The van der Waals surface area contributed by atoms with Gasteiger partial charge < -0.3 is 0 Å². The van der Waals surface area contributed by atoms with E-state index in [9.17, 15) is 4.79 Å². The molecule has 0 unspecified atom stereocenters. The highest BCUT2D eigenvalue weighted by Gasteiger charge is 2.35. The van der Waals surface area contributed by atoms with E-state index >= 15 is 0 Å². The molecule has 0 N–H and O–H groups in total. The number of amides is 1. The maximum absolute atomic E-state index is 13.2. The van der Waals surface area contributed by atoms with Crippen molar-refractivity contribution < 1.29 is 9.36 Å². The highest BCUT2D eigenvalue weighted by atomic mass is 32.1. The third-order valence-corrected chi connectivity index (χ3v) is 7.40. The molecule has 3 aromatic rings. The second-order valence-corrected chi connectivity index (χ2v) is 9.30. The monoisotopic (exact) mass is 408 g/mol. The van der Waals surface area contributed by atoms with Gasteiger partial charge in [0.1, 0.15) is 0 Å². The Morgan fingerprint density at radius 3 is 2.71 bits per heavy atom. The summed E-state index contributed by atoms with van der Waals surface area (Å²) >= 11 is 3.38. The molecule has 4 heterocycles. The Morgan fingerprint density at radius 2 is 1.93 bits per heavy atom. The van der Waals surface area contributed by atoms with Crippen LogP contribution >= 0.6 is 22.7 Å². The number of nitrogens with zero attached hydrogens (tertiary/aromatic N) is 3. The lowest BCUT2D eigenvalue weighted by molar-refractivity contribution is -0.685. The first kappa shape index (κ1) is 17.8. The van der Waals surface area contributed by atoms with Gasteiger partial charge in [-0.05, 0) is 54.1 Å². The molecular formula is C22H22N3OS2+. The average Bonchev–Trinajstić information content (AvgIpc) is 3.48. The minimum atomic E-state index is 0.00262. The van der Waals surface area contributed by atoms with Crippen LogP contribution in [0.4, 0.5) is 0 Å². The molecule has 2 aliphatic rings. The topological polar surface area (TPSA) is 36.5 Å². The van der Waals surface area contributed by atoms with Gasteiger partial charge in [0.05, 0.1) is 16.6 Å². The van der Waals surface area contributed by atoms with Gasteiger partial charge in [-0.1, -0.05) is 12.1 Å². The quantitative estimate of drug-likeness (QED) is 0.591. The Kier molecular flexibility index (Phi) is 4.82. The van der Waals surface area contributed by atoms with Crippen LogP contribution in [0.1, 0.15) is 46.2 Å². The van der Waals surface area contributed by atoms with Crippen LogP contribution in [-0.2, 0) is 24.2 Å². The first-order valence-corrected chi connectivity index (χ1v) is 11.5. The molecule has 5 rings (SSSR count). The fraction of sp³-hybridized carbons (Fsp3) is 0.318. The molecule has 6 heteroatoms. The van der Waals surface area contributed by atoms with Gasteiger partial charge in [0.15, 0.2) is 12.4 Å². The summed E-state index contributed by atoms with van der Waals surface area (Å²) in [6.07, 6.45) is 9.77. The molecule has 4 nitrogen and oxygen atoms in total. The molecule has 3 aromatic heterocycles. The zero-order chi connectivity index (χ0) is 18.9. The average molecular weight is 409 g/mol. The minimum absolute atomic E-state index is 0.00262. The van der Waals surface area contributed by atoms with E-state index < -0.39 is 0 Å². The highest BCUT2D eigenvalue weighted by molar-refractivity contribution is 7.12. The third-order valence-electron chi connectivity index (χ3n) is 5.50. The number of aromatic nitrogens is 1. The van der Waals surface area contributed by atoms with E-state index in [1.54, 1.807) is 27.7 Å². The number of hydrazone groups is 1. The van der Waals surface area contributed by atoms with Crippen LogP contribution in [0.2, 0.25) is 0 Å². The van der Waals surface area contributed by atoms with E-state index in [-0.39, 0.29) is 11.9 Å². The maximum atomic E-state index is 13.2. The summed E-state index contributed by atoms with van der Waals surface area (Å²) in [7, 11) is 0. The number of hydrogen-bond acceptors (Lipinski definition) is 4. The standard InChI is InChI=1S/C22H22N3OS2/c26-22(15-24-10-9-16-5-1-2-6-17(16)14-24)25-19(21-8-4-12-28-21)13-18(23-25)20-7-3-11-27-20/h3-4,7-12,14,19H,1-2,5-6,13,15H2/q+1/t19-/m1/s1. The normalized spacial score (nSPS) is 18.8. The van der Waals surface area contributed by atoms with Crippen molar-refractivity contribution in [2.45, 2.75) is 44.7 Å². The number of rotatable bonds is 4. The molecule has 0 bridgehead atoms. The van der Waals surface area contributed by atoms with Crippen molar-refractivity contribution in [3.8, 4) is 0 Å². The van der Waals surface area contributed by atoms with Crippen LogP contribution in [0.25, 0.3) is 0 Å². The predicted molar refractivity (Wildman–Crippen MR) is 113 cm³/mol. The van der Waals surface area contributed by atoms with Crippen LogP contribution in [0, 0.1) is 0 Å². The molecule has 0 radical (unpaired) electrons. The number of hydrogen-bond donors (Lipinski definition) is 0. The van der Waals surface area contributed by atoms with Gasteiger partial charge in [-0.25, -0.2) is 5.01 Å². The van der Waals surface area contributed by atoms with E-state index in [0.717, 1.165) is 29.9 Å². The van der Waals surface area contributed by atoms with Crippen molar-refractivity contribution in [2.24, 2.45) is 5.10 Å². The molecule has 1 atom stereocenters. The van der Waals surface area contributed by atoms with Gasteiger partial charge in [0.2, 0.25) is 6.54 Å². The summed E-state index contributed by atoms with van der Waals surface area (Å²) in [5, 5.41) is 10.6. The molecule has 0 fully saturated rings. The van der Waals surface area contributed by atoms with Gasteiger partial charge in [-0.3, -0.25) is 4.79 Å². The number of carbonyl (C=O) groups excluding carboxylic acids is 1. The van der Waals surface area contributed by atoms with E-state index in [4.69, 9.17) is 5.10 Å². The van der Waals surface area contributed by atoms with E-state index in [1.165, 1.54) is 28.8 Å². The van der Waals surface area contributed by atoms with Crippen molar-refractivity contribution >= 4 is 34.3 Å². The Morgan fingerprint density at radius 1 is 1.11 bits per heavy atom. The molecule has 1 amide bonds. The van der Waals surface area contributed by atoms with E-state index in [2.05, 4.69) is 35.2 Å². The zero-order valence-corrected chi connectivity index (χ0v) is 17.2. The Bertz CT molecular complexity index is 1010. The molecule has 142 valence electrons. The third kappa shape index (κ3) is 3.42. The predicted octanol–water partition coefficient (Wildman–Crippen LogP) is 4.35. The van der Waals surface area contributed by atoms with Crippen LogP contribution in [-0.4, -0.2) is 16.6 Å². The zero-order valence-electron chi connectivity index (χ0n) is 15.6. The lowest BCUT2D eigenvalue weighted by Gasteiger charge is -2.19. The van der Waals surface area contributed by atoms with Crippen LogP contribution in [0.3, 0.4) is 0 Å². The summed E-state index contributed by atoms with van der Waals surface area (Å²) in [5.41, 5.74) is 3.84. The maximum Gasteiger partial charge on any atom is 0.309 e. The number of thiophene rings is 2. The van der Waals surface area contributed by atoms with Crippen LogP contribution < -0.4 is 4.57 Å². The number of pyridine rings is 1. The van der Waals surface area contributed by atoms with Crippen molar-refractivity contribution in [1.29, 1.82) is 0 Å². The summed E-state index contributed by atoms with van der Waals surface area (Å²) in [4.78, 5) is 15.6. The lowest BCUT2D eigenvalue weighted by Crippen LogP contribution is -2.43. The molecule has 0 spiro atoms. The van der Waals surface area contributed by atoms with Crippen LogP contribution in [0.5, 0.6) is 0 Å². The van der Waals surface area contributed by atoms with Crippen molar-refractivity contribution in [3.05, 3.63) is 74.4 Å². The molecule has 0 aromatic carbocycles. The second kappa shape index (κ2) is 7.60.